The van der Waals surface area contributed by atoms with Gasteiger partial charge >= 0.3 is 0 Å². The second-order valence-electron chi connectivity index (χ2n) is 4.34. The van der Waals surface area contributed by atoms with E-state index in [4.69, 9.17) is 0 Å². The van der Waals surface area contributed by atoms with Crippen molar-refractivity contribution in [1.29, 1.82) is 0 Å². The maximum atomic E-state index is 3.52. The quantitative estimate of drug-likeness (QED) is 0.437. The predicted molar refractivity (Wildman–Crippen MR) is 63.5 cm³/mol. The van der Waals surface area contributed by atoms with Crippen LogP contribution in [0.5, 0.6) is 0 Å². The highest BCUT2D eigenvalue weighted by molar-refractivity contribution is 4.85. The van der Waals surface area contributed by atoms with E-state index in [2.05, 4.69) is 24.4 Å². The Morgan fingerprint density at radius 2 is 1.86 bits per heavy atom. The van der Waals surface area contributed by atoms with Crippen LogP contribution in [-0.4, -0.2) is 12.6 Å². The summed E-state index contributed by atoms with van der Waals surface area (Å²) in [5.74, 6) is 0. The number of rotatable bonds is 9. The topological polar surface area (TPSA) is 12.0 Å². The highest BCUT2D eigenvalue weighted by Crippen LogP contribution is 2.18. The largest absolute Gasteiger partial charge is 0.314 e. The molecule has 1 rings (SSSR count). The van der Waals surface area contributed by atoms with Crippen LogP contribution in [0.4, 0.5) is 0 Å². The fraction of sp³-hybridized carbons (Fsp3) is 0.846. The van der Waals surface area contributed by atoms with Crippen molar-refractivity contribution in [3.63, 3.8) is 0 Å². The normalized spacial score (nSPS) is 16.6. The predicted octanol–water partition coefficient (Wildman–Crippen LogP) is 3.66. The highest BCUT2D eigenvalue weighted by atomic mass is 14.9. The van der Waals surface area contributed by atoms with E-state index in [1.165, 1.54) is 57.9 Å². The lowest BCUT2D eigenvalue weighted by atomic mass is 10.1. The lowest BCUT2D eigenvalue weighted by molar-refractivity contribution is 0.670. The minimum Gasteiger partial charge on any atom is -0.314 e. The number of nitrogens with one attached hydrogen (secondary N) is 1. The maximum absolute atomic E-state index is 3.52. The Hall–Kier alpha value is -0.300. The van der Waals surface area contributed by atoms with Crippen LogP contribution in [0.3, 0.4) is 0 Å². The van der Waals surface area contributed by atoms with Crippen molar-refractivity contribution in [3.8, 4) is 0 Å². The molecule has 0 aromatic heterocycles. The van der Waals surface area contributed by atoms with Crippen molar-refractivity contribution < 1.29 is 0 Å². The molecule has 1 N–H and O–H groups in total. The van der Waals surface area contributed by atoms with Crippen LogP contribution in [0.2, 0.25) is 0 Å². The van der Waals surface area contributed by atoms with Gasteiger partial charge in [-0.15, -0.1) is 0 Å². The summed E-state index contributed by atoms with van der Waals surface area (Å²) in [6.45, 7) is 3.44. The Morgan fingerprint density at radius 1 is 1.07 bits per heavy atom. The molecule has 0 aromatic rings. The fourth-order valence-electron chi connectivity index (χ4n) is 1.58. The van der Waals surface area contributed by atoms with E-state index < -0.39 is 0 Å². The molecule has 0 spiro atoms. The van der Waals surface area contributed by atoms with Crippen molar-refractivity contribution in [1.82, 2.24) is 5.32 Å². The Labute approximate surface area is 89.0 Å². The molecule has 0 aromatic carbocycles. The van der Waals surface area contributed by atoms with Crippen LogP contribution in [0.15, 0.2) is 12.2 Å². The average Bonchev–Trinajstić information content (AvgIpc) is 2.99. The molecule has 1 saturated carbocycles. The van der Waals surface area contributed by atoms with E-state index in [0.29, 0.717) is 0 Å². The van der Waals surface area contributed by atoms with Gasteiger partial charge in [0, 0.05) is 6.04 Å². The van der Waals surface area contributed by atoms with Gasteiger partial charge in [-0.2, -0.15) is 0 Å². The lowest BCUT2D eigenvalue weighted by Gasteiger charge is -1.97. The SMILES string of the molecule is CCCCCCC=CCCNC1CC1. The van der Waals surface area contributed by atoms with E-state index in [-0.39, 0.29) is 0 Å². The molecule has 14 heavy (non-hydrogen) atoms. The highest BCUT2D eigenvalue weighted by Gasteiger charge is 2.19. The molecular formula is C13H25N. The third kappa shape index (κ3) is 7.14. The van der Waals surface area contributed by atoms with Crippen molar-refractivity contribution in [2.75, 3.05) is 6.54 Å². The Bertz CT molecular complexity index is 147. The number of hydrogen-bond acceptors (Lipinski definition) is 1. The first-order chi connectivity index (χ1) is 6.93. The third-order valence-corrected chi connectivity index (χ3v) is 2.71. The van der Waals surface area contributed by atoms with E-state index in [0.717, 1.165) is 6.04 Å². The molecule has 1 aliphatic rings. The average molecular weight is 195 g/mol. The smallest absolute Gasteiger partial charge is 0.00683 e. The molecule has 0 heterocycles. The zero-order valence-electron chi connectivity index (χ0n) is 9.60. The molecular weight excluding hydrogens is 170 g/mol. The van der Waals surface area contributed by atoms with Crippen LogP contribution in [0, 0.1) is 0 Å². The summed E-state index contributed by atoms with van der Waals surface area (Å²) in [5.41, 5.74) is 0. The molecule has 1 aliphatic carbocycles. The number of allylic oxidation sites excluding steroid dienone is 1. The molecule has 82 valence electrons. The Morgan fingerprint density at radius 3 is 2.57 bits per heavy atom. The summed E-state index contributed by atoms with van der Waals surface area (Å²) in [6, 6.07) is 0.868. The van der Waals surface area contributed by atoms with E-state index in [1.807, 2.05) is 0 Å². The number of unbranched alkanes of at least 4 members (excludes halogenated alkanes) is 4. The minimum atomic E-state index is 0.868. The summed E-state index contributed by atoms with van der Waals surface area (Å²) >= 11 is 0. The van der Waals surface area contributed by atoms with Crippen molar-refractivity contribution in [2.45, 2.75) is 64.3 Å². The minimum absolute atomic E-state index is 0.868. The van der Waals surface area contributed by atoms with E-state index >= 15 is 0 Å². The molecule has 0 bridgehead atoms. The first-order valence-corrected chi connectivity index (χ1v) is 6.32. The fourth-order valence-corrected chi connectivity index (χ4v) is 1.58. The summed E-state index contributed by atoms with van der Waals surface area (Å²) in [6.07, 6.45) is 15.5. The van der Waals surface area contributed by atoms with Gasteiger partial charge in [0.25, 0.3) is 0 Å². The van der Waals surface area contributed by atoms with Crippen molar-refractivity contribution in [2.24, 2.45) is 0 Å². The Balaban J connectivity index is 1.73. The molecule has 0 saturated heterocycles. The van der Waals surface area contributed by atoms with Gasteiger partial charge in [-0.25, -0.2) is 0 Å². The lowest BCUT2D eigenvalue weighted by Crippen LogP contribution is -2.16. The maximum Gasteiger partial charge on any atom is 0.00683 e. The second kappa shape index (κ2) is 8.05. The molecule has 1 fully saturated rings. The molecule has 1 nitrogen and oxygen atoms in total. The summed E-state index contributed by atoms with van der Waals surface area (Å²) in [5, 5.41) is 3.52. The van der Waals surface area contributed by atoms with Crippen LogP contribution in [0.25, 0.3) is 0 Å². The molecule has 0 unspecified atom stereocenters. The second-order valence-corrected chi connectivity index (χ2v) is 4.34. The first-order valence-electron chi connectivity index (χ1n) is 6.32. The third-order valence-electron chi connectivity index (χ3n) is 2.71. The molecule has 0 atom stereocenters. The van der Waals surface area contributed by atoms with Gasteiger partial charge in [-0.1, -0.05) is 38.3 Å². The van der Waals surface area contributed by atoms with Crippen LogP contribution in [-0.2, 0) is 0 Å². The zero-order valence-corrected chi connectivity index (χ0v) is 9.60. The summed E-state index contributed by atoms with van der Waals surface area (Å²) in [7, 11) is 0. The molecule has 0 amide bonds. The van der Waals surface area contributed by atoms with Gasteiger partial charge in [0.1, 0.15) is 0 Å². The monoisotopic (exact) mass is 195 g/mol. The molecule has 0 radical (unpaired) electrons. The van der Waals surface area contributed by atoms with Crippen molar-refractivity contribution in [3.05, 3.63) is 12.2 Å². The number of hydrogen-bond donors (Lipinski definition) is 1. The van der Waals surface area contributed by atoms with E-state index in [1.54, 1.807) is 0 Å². The summed E-state index contributed by atoms with van der Waals surface area (Å²) < 4.78 is 0. The molecule has 0 aliphatic heterocycles. The Kier molecular flexibility index (Phi) is 6.77. The van der Waals surface area contributed by atoms with Crippen LogP contribution < -0.4 is 5.32 Å². The van der Waals surface area contributed by atoms with Gasteiger partial charge in [-0.3, -0.25) is 0 Å². The van der Waals surface area contributed by atoms with Gasteiger partial charge in [0.05, 0.1) is 0 Å². The summed E-state index contributed by atoms with van der Waals surface area (Å²) in [4.78, 5) is 0. The standard InChI is InChI=1S/C13H25N/c1-2-3-4-5-6-7-8-9-12-14-13-10-11-13/h7-8,13-14H,2-6,9-12H2,1H3. The molecule has 1 heteroatoms. The van der Waals surface area contributed by atoms with Gasteiger partial charge in [-0.05, 0) is 38.6 Å². The van der Waals surface area contributed by atoms with Crippen molar-refractivity contribution >= 4 is 0 Å². The van der Waals surface area contributed by atoms with Crippen LogP contribution in [0.1, 0.15) is 58.3 Å². The van der Waals surface area contributed by atoms with Crippen LogP contribution >= 0.6 is 0 Å². The zero-order chi connectivity index (χ0) is 10.1. The van der Waals surface area contributed by atoms with E-state index in [9.17, 15) is 0 Å². The van der Waals surface area contributed by atoms with Gasteiger partial charge in [0.15, 0.2) is 0 Å². The first kappa shape index (κ1) is 11.8. The van der Waals surface area contributed by atoms with Gasteiger partial charge < -0.3 is 5.32 Å². The van der Waals surface area contributed by atoms with Gasteiger partial charge in [0.2, 0.25) is 0 Å².